The van der Waals surface area contributed by atoms with Gasteiger partial charge in [-0.2, -0.15) is 0 Å². The van der Waals surface area contributed by atoms with E-state index in [9.17, 15) is 0 Å². The standard InChI is InChI=1S/C44H31N3S/c1-2-10-28(11-3-1)29-18-20-30(21-19-29)42-35-13-4-7-15-37(35)45-44(46-42)31-22-24-32(25-23-31)47-38-16-8-5-14-36(38)41-39(47)27-26-34-33-12-6-9-17-40(33)48-43(34)41/h1-27,42,44-46H. The minimum Gasteiger partial charge on any atom is -0.366 e. The minimum absolute atomic E-state index is 0.0379. The predicted molar refractivity (Wildman–Crippen MR) is 203 cm³/mol. The largest absolute Gasteiger partial charge is 0.366 e. The Bertz CT molecular complexity index is 2610. The van der Waals surface area contributed by atoms with Crippen molar-refractivity contribution in [3.05, 3.63) is 180 Å². The van der Waals surface area contributed by atoms with Gasteiger partial charge in [0.05, 0.1) is 17.1 Å². The second-order valence-corrected chi connectivity index (χ2v) is 13.7. The first-order valence-electron chi connectivity index (χ1n) is 16.5. The number of nitrogens with one attached hydrogen (secondary N) is 2. The molecule has 4 heteroatoms. The Hall–Kier alpha value is -5.68. The molecule has 2 atom stereocenters. The maximum atomic E-state index is 3.93. The molecule has 3 heterocycles. The van der Waals surface area contributed by atoms with Crippen LogP contribution in [0, 0.1) is 0 Å². The number of hydrogen-bond donors (Lipinski definition) is 2. The van der Waals surface area contributed by atoms with E-state index >= 15 is 0 Å². The van der Waals surface area contributed by atoms with Crippen molar-refractivity contribution in [1.82, 2.24) is 9.88 Å². The number of anilines is 1. The molecule has 3 nitrogen and oxygen atoms in total. The molecule has 0 saturated heterocycles. The maximum absolute atomic E-state index is 3.93. The van der Waals surface area contributed by atoms with Crippen molar-refractivity contribution in [3.8, 4) is 16.8 Å². The monoisotopic (exact) mass is 633 g/mol. The van der Waals surface area contributed by atoms with E-state index in [2.05, 4.69) is 179 Å². The van der Waals surface area contributed by atoms with Gasteiger partial charge in [-0.05, 0) is 64.2 Å². The van der Waals surface area contributed by atoms with Gasteiger partial charge in [-0.15, -0.1) is 11.3 Å². The molecule has 9 aromatic rings. The summed E-state index contributed by atoms with van der Waals surface area (Å²) in [5.74, 6) is 0. The summed E-state index contributed by atoms with van der Waals surface area (Å²) in [6, 6.07) is 59.5. The molecule has 1 aliphatic rings. The molecule has 0 spiro atoms. The topological polar surface area (TPSA) is 29.0 Å². The van der Waals surface area contributed by atoms with Crippen LogP contribution in [-0.2, 0) is 0 Å². The third kappa shape index (κ3) is 4.31. The van der Waals surface area contributed by atoms with Gasteiger partial charge >= 0.3 is 0 Å². The van der Waals surface area contributed by atoms with Crippen LogP contribution in [0.5, 0.6) is 0 Å². The zero-order chi connectivity index (χ0) is 31.6. The fourth-order valence-electron chi connectivity index (χ4n) is 7.62. The van der Waals surface area contributed by atoms with E-state index in [0.29, 0.717) is 0 Å². The predicted octanol–water partition coefficient (Wildman–Crippen LogP) is 11.6. The average molecular weight is 634 g/mol. The highest BCUT2D eigenvalue weighted by Crippen LogP contribution is 2.43. The summed E-state index contributed by atoms with van der Waals surface area (Å²) in [6.45, 7) is 0. The number of benzene rings is 7. The molecule has 48 heavy (non-hydrogen) atoms. The van der Waals surface area contributed by atoms with Gasteiger partial charge in [0.2, 0.25) is 0 Å². The molecular weight excluding hydrogens is 603 g/mol. The summed E-state index contributed by atoms with van der Waals surface area (Å²) >= 11 is 1.90. The summed E-state index contributed by atoms with van der Waals surface area (Å²) in [4.78, 5) is 0. The first-order chi connectivity index (χ1) is 23.8. The molecular formula is C44H31N3S. The quantitative estimate of drug-likeness (QED) is 0.202. The molecule has 2 aromatic heterocycles. The van der Waals surface area contributed by atoms with Crippen LogP contribution < -0.4 is 10.6 Å². The molecule has 0 amide bonds. The van der Waals surface area contributed by atoms with E-state index in [1.807, 2.05) is 11.3 Å². The summed E-state index contributed by atoms with van der Waals surface area (Å²) in [5, 5.41) is 13.0. The lowest BCUT2D eigenvalue weighted by atomic mass is 9.92. The molecule has 2 N–H and O–H groups in total. The third-order valence-electron chi connectivity index (χ3n) is 9.92. The van der Waals surface area contributed by atoms with Gasteiger partial charge in [-0.1, -0.05) is 127 Å². The minimum atomic E-state index is -0.0379. The zero-order valence-corrected chi connectivity index (χ0v) is 26.9. The zero-order valence-electron chi connectivity index (χ0n) is 26.1. The van der Waals surface area contributed by atoms with E-state index in [-0.39, 0.29) is 12.2 Å². The van der Waals surface area contributed by atoms with Crippen molar-refractivity contribution in [3.63, 3.8) is 0 Å². The highest BCUT2D eigenvalue weighted by Gasteiger charge is 2.28. The van der Waals surface area contributed by atoms with Crippen molar-refractivity contribution >= 4 is 59.0 Å². The number of rotatable bonds is 4. The lowest BCUT2D eigenvalue weighted by Crippen LogP contribution is -2.37. The Morgan fingerprint density at radius 1 is 0.500 bits per heavy atom. The van der Waals surface area contributed by atoms with Crippen molar-refractivity contribution in [1.29, 1.82) is 0 Å². The fourth-order valence-corrected chi connectivity index (χ4v) is 8.88. The second kappa shape index (κ2) is 11.0. The number of aromatic nitrogens is 1. The van der Waals surface area contributed by atoms with Crippen molar-refractivity contribution in [2.45, 2.75) is 12.2 Å². The van der Waals surface area contributed by atoms with Gasteiger partial charge in [0.15, 0.2) is 0 Å². The van der Waals surface area contributed by atoms with Gasteiger partial charge in [-0.3, -0.25) is 5.32 Å². The molecule has 2 unspecified atom stereocenters. The van der Waals surface area contributed by atoms with Gasteiger partial charge < -0.3 is 9.88 Å². The molecule has 0 saturated carbocycles. The van der Waals surface area contributed by atoms with Crippen molar-refractivity contribution in [2.75, 3.05) is 5.32 Å². The number of fused-ring (bicyclic) bond motifs is 8. The van der Waals surface area contributed by atoms with E-state index in [1.165, 1.54) is 69.8 Å². The van der Waals surface area contributed by atoms with Crippen LogP contribution in [0.4, 0.5) is 5.69 Å². The molecule has 7 aromatic carbocycles. The molecule has 0 bridgehead atoms. The van der Waals surface area contributed by atoms with Crippen LogP contribution in [0.1, 0.15) is 28.9 Å². The molecule has 0 aliphatic carbocycles. The van der Waals surface area contributed by atoms with Crippen LogP contribution in [0.15, 0.2) is 164 Å². The number of para-hydroxylation sites is 2. The van der Waals surface area contributed by atoms with E-state index in [4.69, 9.17) is 0 Å². The SMILES string of the molecule is c1ccc(-c2ccc(C3NC(c4ccc(-n5c6ccccc6c6c7sc8ccccc8c7ccc65)cc4)Nc4ccccc43)cc2)cc1. The fraction of sp³-hybridized carbons (Fsp3) is 0.0455. The summed E-state index contributed by atoms with van der Waals surface area (Å²) in [7, 11) is 0. The average Bonchev–Trinajstić information content (AvgIpc) is 3.71. The molecule has 1 aliphatic heterocycles. The van der Waals surface area contributed by atoms with E-state index in [1.54, 1.807) is 0 Å². The van der Waals surface area contributed by atoms with Gasteiger partial charge in [-0.25, -0.2) is 0 Å². The van der Waals surface area contributed by atoms with Gasteiger partial charge in [0, 0.05) is 42.3 Å². The summed E-state index contributed by atoms with van der Waals surface area (Å²) in [6.07, 6.45) is -0.0379. The highest BCUT2D eigenvalue weighted by atomic mass is 32.1. The van der Waals surface area contributed by atoms with Crippen LogP contribution in [-0.4, -0.2) is 4.57 Å². The number of nitrogens with zero attached hydrogens (tertiary/aromatic N) is 1. The Labute approximate surface area is 282 Å². The normalized spacial score (nSPS) is 16.0. The second-order valence-electron chi connectivity index (χ2n) is 12.6. The van der Waals surface area contributed by atoms with Crippen LogP contribution >= 0.6 is 11.3 Å². The summed E-state index contributed by atoms with van der Waals surface area (Å²) in [5.41, 5.74) is 11.0. The first kappa shape index (κ1) is 27.4. The van der Waals surface area contributed by atoms with Crippen LogP contribution in [0.2, 0.25) is 0 Å². The van der Waals surface area contributed by atoms with Crippen molar-refractivity contribution < 1.29 is 0 Å². The summed E-state index contributed by atoms with van der Waals surface area (Å²) < 4.78 is 5.12. The Kier molecular flexibility index (Phi) is 6.26. The molecule has 10 rings (SSSR count). The number of hydrogen-bond acceptors (Lipinski definition) is 3. The first-order valence-corrected chi connectivity index (χ1v) is 17.3. The Morgan fingerprint density at radius 3 is 2.04 bits per heavy atom. The van der Waals surface area contributed by atoms with Crippen molar-refractivity contribution in [2.24, 2.45) is 0 Å². The molecule has 0 fully saturated rings. The van der Waals surface area contributed by atoms with Gasteiger partial charge in [0.25, 0.3) is 0 Å². The highest BCUT2D eigenvalue weighted by molar-refractivity contribution is 7.26. The van der Waals surface area contributed by atoms with Crippen LogP contribution in [0.25, 0.3) is 58.8 Å². The lowest BCUT2D eigenvalue weighted by Gasteiger charge is -2.35. The number of thiophene rings is 1. The van der Waals surface area contributed by atoms with Crippen LogP contribution in [0.3, 0.4) is 0 Å². The smallest absolute Gasteiger partial charge is 0.104 e. The molecule has 0 radical (unpaired) electrons. The Balaban J connectivity index is 1.03. The Morgan fingerprint density at radius 2 is 1.19 bits per heavy atom. The lowest BCUT2D eigenvalue weighted by molar-refractivity contribution is 0.506. The maximum Gasteiger partial charge on any atom is 0.104 e. The van der Waals surface area contributed by atoms with Gasteiger partial charge in [0.1, 0.15) is 6.17 Å². The van der Waals surface area contributed by atoms with E-state index < -0.39 is 0 Å². The van der Waals surface area contributed by atoms with E-state index in [0.717, 1.165) is 11.4 Å². The molecule has 228 valence electrons. The third-order valence-corrected chi connectivity index (χ3v) is 11.1.